The highest BCUT2D eigenvalue weighted by molar-refractivity contribution is 7.17. The van der Waals surface area contributed by atoms with Gasteiger partial charge in [-0.2, -0.15) is 0 Å². The Morgan fingerprint density at radius 3 is 3.00 bits per heavy atom. The Morgan fingerprint density at radius 2 is 2.21 bits per heavy atom. The van der Waals surface area contributed by atoms with E-state index >= 15 is 0 Å². The highest BCUT2D eigenvalue weighted by atomic mass is 32.1. The number of hydrogen-bond acceptors (Lipinski definition) is 4. The third-order valence-electron chi connectivity index (χ3n) is 3.21. The lowest BCUT2D eigenvalue weighted by Gasteiger charge is -2.15. The summed E-state index contributed by atoms with van der Waals surface area (Å²) in [6.45, 7) is 0. The quantitative estimate of drug-likeness (QED) is 0.790. The molecular weight excluding hydrogens is 254 g/mol. The molecule has 96 valence electrons. The van der Waals surface area contributed by atoms with Gasteiger partial charge in [0.15, 0.2) is 0 Å². The van der Waals surface area contributed by atoms with Gasteiger partial charge in [0.25, 0.3) is 0 Å². The van der Waals surface area contributed by atoms with Gasteiger partial charge in [-0.3, -0.25) is 9.97 Å². The van der Waals surface area contributed by atoms with Gasteiger partial charge >= 0.3 is 0 Å². The lowest BCUT2D eigenvalue weighted by Crippen LogP contribution is -2.19. The zero-order chi connectivity index (χ0) is 13.1. The highest BCUT2D eigenvalue weighted by Crippen LogP contribution is 2.24. The van der Waals surface area contributed by atoms with Crippen LogP contribution >= 0.6 is 11.3 Å². The number of thiophene rings is 1. The van der Waals surface area contributed by atoms with Gasteiger partial charge in [0.1, 0.15) is 0 Å². The zero-order valence-corrected chi connectivity index (χ0v) is 11.5. The topological polar surface area (TPSA) is 37.8 Å². The van der Waals surface area contributed by atoms with E-state index in [-0.39, 0.29) is 6.04 Å². The molecule has 19 heavy (non-hydrogen) atoms. The molecule has 0 saturated carbocycles. The first kappa shape index (κ1) is 12.3. The van der Waals surface area contributed by atoms with Crippen LogP contribution in [0.4, 0.5) is 0 Å². The van der Waals surface area contributed by atoms with Gasteiger partial charge in [0, 0.05) is 30.6 Å². The molecule has 0 saturated heterocycles. The van der Waals surface area contributed by atoms with Crippen LogP contribution in [0.3, 0.4) is 0 Å². The van der Waals surface area contributed by atoms with E-state index in [4.69, 9.17) is 0 Å². The van der Waals surface area contributed by atoms with Crippen LogP contribution in [0.1, 0.15) is 17.3 Å². The number of fused-ring (bicyclic) bond motifs is 1. The van der Waals surface area contributed by atoms with Gasteiger partial charge in [-0.05, 0) is 42.3 Å². The second-order valence-electron chi connectivity index (χ2n) is 4.44. The molecule has 3 nitrogen and oxygen atoms in total. The second-order valence-corrected chi connectivity index (χ2v) is 5.39. The summed E-state index contributed by atoms with van der Waals surface area (Å²) in [5.74, 6) is 0. The van der Waals surface area contributed by atoms with E-state index in [1.165, 1.54) is 10.3 Å². The summed E-state index contributed by atoms with van der Waals surface area (Å²) < 4.78 is 1.23. The van der Waals surface area contributed by atoms with Gasteiger partial charge in [0.2, 0.25) is 0 Å². The Balaban J connectivity index is 1.88. The summed E-state index contributed by atoms with van der Waals surface area (Å²) >= 11 is 1.73. The number of rotatable bonds is 4. The molecule has 0 amide bonds. The maximum absolute atomic E-state index is 4.50. The normalized spacial score (nSPS) is 12.7. The van der Waals surface area contributed by atoms with Crippen molar-refractivity contribution in [2.24, 2.45) is 0 Å². The standard InChI is InChI=1S/C15H15N3S/c1-16-14(9-12-4-2-3-6-17-12)11-8-15-13(18-10-11)5-7-19-15/h2-8,10,14,16H,9H2,1H3. The van der Waals surface area contributed by atoms with E-state index < -0.39 is 0 Å². The minimum atomic E-state index is 0.244. The summed E-state index contributed by atoms with van der Waals surface area (Å²) in [4.78, 5) is 8.89. The van der Waals surface area contributed by atoms with Gasteiger partial charge in [-0.25, -0.2) is 0 Å². The van der Waals surface area contributed by atoms with Gasteiger partial charge in [-0.15, -0.1) is 11.3 Å². The van der Waals surface area contributed by atoms with Crippen molar-refractivity contribution in [1.29, 1.82) is 0 Å². The van der Waals surface area contributed by atoms with Crippen LogP contribution in [0, 0.1) is 0 Å². The first-order chi connectivity index (χ1) is 9.36. The van der Waals surface area contributed by atoms with Crippen molar-refractivity contribution in [3.8, 4) is 0 Å². The largest absolute Gasteiger partial charge is 0.313 e. The van der Waals surface area contributed by atoms with Crippen LogP contribution in [-0.2, 0) is 6.42 Å². The molecule has 1 atom stereocenters. The molecule has 3 aromatic rings. The number of hydrogen-bond donors (Lipinski definition) is 1. The van der Waals surface area contributed by atoms with Gasteiger partial charge in [0.05, 0.1) is 10.2 Å². The average molecular weight is 269 g/mol. The number of likely N-dealkylation sites (N-methyl/N-ethyl adjacent to an activating group) is 1. The van der Waals surface area contributed by atoms with Crippen LogP contribution in [0.15, 0.2) is 48.1 Å². The maximum atomic E-state index is 4.50. The van der Waals surface area contributed by atoms with Gasteiger partial charge < -0.3 is 5.32 Å². The molecule has 0 spiro atoms. The van der Waals surface area contributed by atoms with E-state index in [0.717, 1.165) is 17.6 Å². The number of nitrogens with zero attached hydrogens (tertiary/aromatic N) is 2. The molecule has 3 rings (SSSR count). The molecule has 0 radical (unpaired) electrons. The predicted molar refractivity (Wildman–Crippen MR) is 79.4 cm³/mol. The first-order valence-electron chi connectivity index (χ1n) is 6.27. The van der Waals surface area contributed by atoms with Crippen LogP contribution in [0.5, 0.6) is 0 Å². The fourth-order valence-corrected chi connectivity index (χ4v) is 2.96. The minimum Gasteiger partial charge on any atom is -0.313 e. The lowest BCUT2D eigenvalue weighted by molar-refractivity contribution is 0.583. The van der Waals surface area contributed by atoms with Crippen molar-refractivity contribution in [2.45, 2.75) is 12.5 Å². The highest BCUT2D eigenvalue weighted by Gasteiger charge is 2.12. The first-order valence-corrected chi connectivity index (χ1v) is 7.15. The maximum Gasteiger partial charge on any atom is 0.0809 e. The number of pyridine rings is 2. The van der Waals surface area contributed by atoms with Crippen LogP contribution in [-0.4, -0.2) is 17.0 Å². The van der Waals surface area contributed by atoms with E-state index in [9.17, 15) is 0 Å². The summed E-state index contributed by atoms with van der Waals surface area (Å²) in [5, 5.41) is 5.43. The third-order valence-corrected chi connectivity index (χ3v) is 4.07. The second kappa shape index (κ2) is 5.47. The molecule has 3 heterocycles. The van der Waals surface area contributed by atoms with Crippen molar-refractivity contribution in [3.05, 3.63) is 59.4 Å². The van der Waals surface area contributed by atoms with Crippen molar-refractivity contribution in [1.82, 2.24) is 15.3 Å². The predicted octanol–water partition coefficient (Wildman–Crippen LogP) is 3.19. The Hall–Kier alpha value is -1.78. The number of aromatic nitrogens is 2. The molecule has 3 aromatic heterocycles. The van der Waals surface area contributed by atoms with E-state index in [1.807, 2.05) is 31.6 Å². The molecule has 0 fully saturated rings. The van der Waals surface area contributed by atoms with Gasteiger partial charge in [-0.1, -0.05) is 6.07 Å². The molecule has 0 aromatic carbocycles. The SMILES string of the molecule is CNC(Cc1ccccn1)c1cnc2ccsc2c1. The molecule has 4 heteroatoms. The summed E-state index contributed by atoms with van der Waals surface area (Å²) in [6, 6.07) is 10.5. The molecule has 0 bridgehead atoms. The summed E-state index contributed by atoms with van der Waals surface area (Å²) in [7, 11) is 1.98. The molecule has 0 aliphatic heterocycles. The molecule has 1 N–H and O–H groups in total. The fourth-order valence-electron chi connectivity index (χ4n) is 2.17. The molecule has 0 aliphatic carbocycles. The smallest absolute Gasteiger partial charge is 0.0809 e. The number of nitrogens with one attached hydrogen (secondary N) is 1. The van der Waals surface area contributed by atoms with Crippen LogP contribution in [0.25, 0.3) is 10.2 Å². The summed E-state index contributed by atoms with van der Waals surface area (Å²) in [6.07, 6.45) is 4.66. The lowest BCUT2D eigenvalue weighted by atomic mass is 10.0. The molecule has 1 unspecified atom stereocenters. The minimum absolute atomic E-state index is 0.244. The Bertz CT molecular complexity index is 663. The fraction of sp³-hybridized carbons (Fsp3) is 0.200. The monoisotopic (exact) mass is 269 g/mol. The van der Waals surface area contributed by atoms with Crippen molar-refractivity contribution in [2.75, 3.05) is 7.05 Å². The molecule has 0 aliphatic rings. The van der Waals surface area contributed by atoms with E-state index in [0.29, 0.717) is 0 Å². The van der Waals surface area contributed by atoms with Crippen molar-refractivity contribution >= 4 is 21.6 Å². The van der Waals surface area contributed by atoms with Crippen LogP contribution < -0.4 is 5.32 Å². The molecular formula is C15H15N3S. The summed E-state index contributed by atoms with van der Waals surface area (Å²) in [5.41, 5.74) is 3.37. The Morgan fingerprint density at radius 1 is 1.26 bits per heavy atom. The zero-order valence-electron chi connectivity index (χ0n) is 10.7. The van der Waals surface area contributed by atoms with E-state index in [1.54, 1.807) is 11.3 Å². The Labute approximate surface area is 116 Å². The van der Waals surface area contributed by atoms with E-state index in [2.05, 4.69) is 38.9 Å². The van der Waals surface area contributed by atoms with Crippen molar-refractivity contribution in [3.63, 3.8) is 0 Å². The van der Waals surface area contributed by atoms with Crippen molar-refractivity contribution < 1.29 is 0 Å². The third kappa shape index (κ3) is 2.64. The average Bonchev–Trinajstić information content (AvgIpc) is 2.93. The Kier molecular flexibility index (Phi) is 3.53. The van der Waals surface area contributed by atoms with Crippen LogP contribution in [0.2, 0.25) is 0 Å².